The van der Waals surface area contributed by atoms with Crippen molar-refractivity contribution in [1.82, 2.24) is 19.4 Å². The molecule has 196 valence electrons. The first-order chi connectivity index (χ1) is 17.9. The van der Waals surface area contributed by atoms with Crippen molar-refractivity contribution in [2.24, 2.45) is 0 Å². The van der Waals surface area contributed by atoms with Crippen molar-refractivity contribution in [3.63, 3.8) is 0 Å². The van der Waals surface area contributed by atoms with Gasteiger partial charge in [0.05, 0.1) is 31.1 Å². The Kier molecular flexibility index (Phi) is 6.39. The van der Waals surface area contributed by atoms with Crippen molar-refractivity contribution >= 4 is 22.5 Å². The lowest BCUT2D eigenvalue weighted by Gasteiger charge is -2.33. The summed E-state index contributed by atoms with van der Waals surface area (Å²) in [6.07, 6.45) is 5.21. The van der Waals surface area contributed by atoms with E-state index in [0.29, 0.717) is 32.4 Å². The molecule has 7 nitrogen and oxygen atoms in total. The second kappa shape index (κ2) is 9.71. The molecule has 2 fully saturated rings. The molecule has 2 aromatic heterocycles. The van der Waals surface area contributed by atoms with Crippen molar-refractivity contribution in [3.05, 3.63) is 42.0 Å². The van der Waals surface area contributed by atoms with Gasteiger partial charge in [-0.2, -0.15) is 0 Å². The van der Waals surface area contributed by atoms with Crippen LogP contribution in [0.2, 0.25) is 0 Å². The number of nitrogens with zero attached hydrogens (tertiary/aromatic N) is 5. The van der Waals surface area contributed by atoms with Gasteiger partial charge in [0, 0.05) is 55.7 Å². The standard InChI is InChI=1S/C29H36FN5O2/c1-3-26(36)34-11-12-35-24(19-34)27(32-28(35)20-7-9-29(2,30)10-8-20)22-6-4-5-21-17-25(31-18-23(21)22)33-13-15-37-16-14-33/h4-6,17-18,20H,3,7-16,19H2,1-2H3. The molecule has 0 spiro atoms. The van der Waals surface area contributed by atoms with Gasteiger partial charge in [-0.1, -0.05) is 25.1 Å². The highest BCUT2D eigenvalue weighted by atomic mass is 19.1. The van der Waals surface area contributed by atoms with E-state index < -0.39 is 5.67 Å². The van der Waals surface area contributed by atoms with Gasteiger partial charge in [-0.3, -0.25) is 4.79 Å². The number of benzene rings is 1. The van der Waals surface area contributed by atoms with Gasteiger partial charge in [-0.05, 0) is 44.1 Å². The van der Waals surface area contributed by atoms with Crippen LogP contribution in [0.4, 0.5) is 10.2 Å². The molecule has 0 unspecified atom stereocenters. The van der Waals surface area contributed by atoms with Gasteiger partial charge in [0.1, 0.15) is 17.3 Å². The lowest BCUT2D eigenvalue weighted by molar-refractivity contribution is -0.132. The molecule has 1 saturated heterocycles. The Labute approximate surface area is 217 Å². The minimum atomic E-state index is -1.08. The van der Waals surface area contributed by atoms with E-state index in [0.717, 1.165) is 85.1 Å². The lowest BCUT2D eigenvalue weighted by atomic mass is 9.80. The van der Waals surface area contributed by atoms with Gasteiger partial charge in [0.2, 0.25) is 5.91 Å². The molecule has 1 saturated carbocycles. The number of carbonyl (C=O) groups excluding carboxylic acids is 1. The first-order valence-corrected chi connectivity index (χ1v) is 13.7. The number of fused-ring (bicyclic) bond motifs is 2. The molecule has 0 atom stereocenters. The molecule has 1 aliphatic carbocycles. The van der Waals surface area contributed by atoms with E-state index in [9.17, 15) is 9.18 Å². The van der Waals surface area contributed by atoms with Gasteiger partial charge in [-0.15, -0.1) is 0 Å². The maximum absolute atomic E-state index is 14.6. The molecule has 0 radical (unpaired) electrons. The summed E-state index contributed by atoms with van der Waals surface area (Å²) in [6, 6.07) is 8.48. The number of halogens is 1. The van der Waals surface area contributed by atoms with Crippen molar-refractivity contribution in [1.29, 1.82) is 0 Å². The number of imidazole rings is 1. The predicted molar refractivity (Wildman–Crippen MR) is 142 cm³/mol. The zero-order valence-electron chi connectivity index (χ0n) is 21.9. The topological polar surface area (TPSA) is 63.5 Å². The van der Waals surface area contributed by atoms with Gasteiger partial charge in [0.25, 0.3) is 0 Å². The van der Waals surface area contributed by atoms with Gasteiger partial charge >= 0.3 is 0 Å². The maximum Gasteiger partial charge on any atom is 0.222 e. The number of aromatic nitrogens is 3. The third-order valence-corrected chi connectivity index (χ3v) is 8.43. The third kappa shape index (κ3) is 4.60. The number of hydrogen-bond acceptors (Lipinski definition) is 5. The van der Waals surface area contributed by atoms with Crippen LogP contribution < -0.4 is 4.90 Å². The van der Waals surface area contributed by atoms with Crippen LogP contribution in [0.25, 0.3) is 22.0 Å². The van der Waals surface area contributed by atoms with E-state index in [1.807, 2.05) is 18.0 Å². The molecule has 3 aliphatic rings. The van der Waals surface area contributed by atoms with Crippen molar-refractivity contribution in [2.45, 2.75) is 70.6 Å². The first-order valence-electron chi connectivity index (χ1n) is 13.7. The Hall–Kier alpha value is -3.00. The average molecular weight is 506 g/mol. The summed E-state index contributed by atoms with van der Waals surface area (Å²) in [7, 11) is 0. The van der Waals surface area contributed by atoms with Crippen LogP contribution >= 0.6 is 0 Å². The fraction of sp³-hybridized carbons (Fsp3) is 0.552. The van der Waals surface area contributed by atoms with Crippen LogP contribution in [0.15, 0.2) is 30.5 Å². The predicted octanol–water partition coefficient (Wildman–Crippen LogP) is 5.07. The fourth-order valence-corrected chi connectivity index (χ4v) is 6.17. The van der Waals surface area contributed by atoms with Crippen LogP contribution in [0, 0.1) is 0 Å². The van der Waals surface area contributed by atoms with Crippen LogP contribution in [0.5, 0.6) is 0 Å². The first kappa shape index (κ1) is 24.3. The molecule has 8 heteroatoms. The molecular formula is C29H36FN5O2. The summed E-state index contributed by atoms with van der Waals surface area (Å²) < 4.78 is 22.4. The highest BCUT2D eigenvalue weighted by Gasteiger charge is 2.36. The third-order valence-electron chi connectivity index (χ3n) is 8.43. The summed E-state index contributed by atoms with van der Waals surface area (Å²) in [5.41, 5.74) is 1.98. The molecule has 4 heterocycles. The molecule has 6 rings (SSSR count). The minimum Gasteiger partial charge on any atom is -0.378 e. The number of alkyl halides is 1. The molecule has 37 heavy (non-hydrogen) atoms. The van der Waals surface area contributed by atoms with E-state index in [-0.39, 0.29) is 11.8 Å². The van der Waals surface area contributed by atoms with Crippen molar-refractivity contribution in [2.75, 3.05) is 37.7 Å². The summed E-state index contributed by atoms with van der Waals surface area (Å²) in [5, 5.41) is 2.19. The van der Waals surface area contributed by atoms with Crippen LogP contribution in [-0.4, -0.2) is 63.9 Å². The number of carbonyl (C=O) groups is 1. The Bertz CT molecular complexity index is 1300. The van der Waals surface area contributed by atoms with E-state index in [1.165, 1.54) is 0 Å². The molecule has 2 aliphatic heterocycles. The molecule has 3 aromatic rings. The normalized spacial score (nSPS) is 24.4. The van der Waals surface area contributed by atoms with Gasteiger partial charge in [-0.25, -0.2) is 14.4 Å². The largest absolute Gasteiger partial charge is 0.378 e. The average Bonchev–Trinajstić information content (AvgIpc) is 3.31. The van der Waals surface area contributed by atoms with E-state index in [1.54, 1.807) is 6.92 Å². The smallest absolute Gasteiger partial charge is 0.222 e. The second-order valence-electron chi connectivity index (χ2n) is 10.9. The molecule has 1 aromatic carbocycles. The van der Waals surface area contributed by atoms with E-state index in [4.69, 9.17) is 14.7 Å². The second-order valence-corrected chi connectivity index (χ2v) is 10.9. The Morgan fingerprint density at radius 1 is 1.16 bits per heavy atom. The highest BCUT2D eigenvalue weighted by molar-refractivity contribution is 5.97. The number of rotatable bonds is 4. The molecule has 0 N–H and O–H groups in total. The van der Waals surface area contributed by atoms with Gasteiger partial charge in [0.15, 0.2) is 0 Å². The maximum atomic E-state index is 14.6. The van der Waals surface area contributed by atoms with Crippen LogP contribution in [0.1, 0.15) is 63.4 Å². The summed E-state index contributed by atoms with van der Waals surface area (Å²) in [4.78, 5) is 26.9. The monoisotopic (exact) mass is 505 g/mol. The number of ether oxygens (including phenoxy) is 1. The SMILES string of the molecule is CCC(=O)N1CCn2c(C3CCC(C)(F)CC3)nc(-c3cccc4cc(N5CCOCC5)ncc34)c2C1. The van der Waals surface area contributed by atoms with Gasteiger partial charge < -0.3 is 19.1 Å². The number of morpholine rings is 1. The van der Waals surface area contributed by atoms with E-state index >= 15 is 0 Å². The number of pyridine rings is 1. The highest BCUT2D eigenvalue weighted by Crippen LogP contribution is 2.42. The fourth-order valence-electron chi connectivity index (χ4n) is 6.17. The minimum absolute atomic E-state index is 0.167. The quantitative estimate of drug-likeness (QED) is 0.495. The number of amides is 1. The number of hydrogen-bond donors (Lipinski definition) is 0. The molecule has 1 amide bonds. The zero-order valence-corrected chi connectivity index (χ0v) is 21.9. The summed E-state index contributed by atoms with van der Waals surface area (Å²) >= 11 is 0. The summed E-state index contributed by atoms with van der Waals surface area (Å²) in [6.45, 7) is 8.74. The Balaban J connectivity index is 1.42. The number of anilines is 1. The summed E-state index contributed by atoms with van der Waals surface area (Å²) in [5.74, 6) is 2.43. The van der Waals surface area contributed by atoms with Crippen LogP contribution in [-0.2, 0) is 22.6 Å². The Morgan fingerprint density at radius 2 is 1.95 bits per heavy atom. The lowest BCUT2D eigenvalue weighted by Crippen LogP contribution is -2.38. The Morgan fingerprint density at radius 3 is 2.70 bits per heavy atom. The van der Waals surface area contributed by atoms with E-state index in [2.05, 4.69) is 33.7 Å². The van der Waals surface area contributed by atoms with Crippen LogP contribution in [0.3, 0.4) is 0 Å². The molecule has 0 bridgehead atoms. The zero-order chi connectivity index (χ0) is 25.6. The molecular weight excluding hydrogens is 469 g/mol. The van der Waals surface area contributed by atoms with Crippen molar-refractivity contribution in [3.8, 4) is 11.3 Å². The van der Waals surface area contributed by atoms with Crippen molar-refractivity contribution < 1.29 is 13.9 Å².